The van der Waals surface area contributed by atoms with E-state index in [4.69, 9.17) is 33.4 Å². The Bertz CT molecular complexity index is 2080. The van der Waals surface area contributed by atoms with E-state index < -0.39 is 36.7 Å². The van der Waals surface area contributed by atoms with Crippen molar-refractivity contribution < 1.29 is 46.5 Å². The average Bonchev–Trinajstić information content (AvgIpc) is 4.02. The molecule has 15 nitrogen and oxygen atoms in total. The van der Waals surface area contributed by atoms with Crippen LogP contribution in [0.5, 0.6) is 11.5 Å². The fourth-order valence-electron chi connectivity index (χ4n) is 7.06. The molecule has 18 heteroatoms. The van der Waals surface area contributed by atoms with E-state index in [1.54, 1.807) is 14.2 Å². The minimum absolute atomic E-state index is 0.0136. The Labute approximate surface area is 320 Å². The average molecular weight is 781 g/mol. The molecule has 3 aromatic heterocycles. The summed E-state index contributed by atoms with van der Waals surface area (Å²) in [4.78, 5) is 30.7. The smallest absolute Gasteiger partial charge is 0.490 e. The van der Waals surface area contributed by atoms with Gasteiger partial charge in [-0.05, 0) is 62.3 Å². The number of hydrogen-bond acceptors (Lipinski definition) is 14. The number of alkyl halides is 3. The highest BCUT2D eigenvalue weighted by atomic mass is 19.4. The number of aliphatic hydroxyl groups is 1. The number of halogens is 3. The Balaban J connectivity index is 1.28. The number of likely N-dealkylation sites (N-methyl/N-ethyl adjacent to an activating group) is 1. The van der Waals surface area contributed by atoms with Crippen LogP contribution in [0.1, 0.15) is 54.2 Å². The van der Waals surface area contributed by atoms with Crippen molar-refractivity contribution >= 4 is 28.9 Å². The number of esters is 1. The number of carbonyl (C=O) groups is 1. The van der Waals surface area contributed by atoms with Crippen molar-refractivity contribution in [3.63, 3.8) is 0 Å². The highest BCUT2D eigenvalue weighted by Gasteiger charge is 2.53. The summed E-state index contributed by atoms with van der Waals surface area (Å²) >= 11 is 0. The molecule has 56 heavy (non-hydrogen) atoms. The van der Waals surface area contributed by atoms with Crippen molar-refractivity contribution in [2.24, 2.45) is 0 Å². The minimum Gasteiger partial charge on any atom is -0.497 e. The highest BCUT2D eigenvalue weighted by molar-refractivity contribution is 5.84. The van der Waals surface area contributed by atoms with Crippen molar-refractivity contribution in [2.45, 2.75) is 62.4 Å². The molecule has 0 aliphatic carbocycles. The molecule has 2 fully saturated rings. The number of carbonyl (C=O) groups excluding carboxylic acids is 1. The van der Waals surface area contributed by atoms with Crippen LogP contribution in [-0.2, 0) is 20.7 Å². The van der Waals surface area contributed by atoms with Crippen molar-refractivity contribution in [3.8, 4) is 11.5 Å². The topological polar surface area (TPSA) is 162 Å². The van der Waals surface area contributed by atoms with Crippen molar-refractivity contribution in [1.29, 1.82) is 0 Å². The second kappa shape index (κ2) is 16.0. The molecule has 2 aliphatic rings. The standard InChI is InChI=1S/C38H43F3N8O7/c1-6-23-17-28(56-46-23)31-32(55-36(51)38(39,40)41)30(50)35(54-31)49-20-43-29-33(44-37(45-34(29)49)48-16-15-24(19-48)47(2)3)42-18-27(21-7-11-25(52-4)12-8-21)22-9-13-26(53-5)14-10-22/h7-14,17,20,24,27,30-32,35,50H,6,15-16,18-19H2,1-5H3,(H,42,44,45)/t24-,30-,31-,32+,35-/m1/s1. The van der Waals surface area contributed by atoms with Gasteiger partial charge in [0.05, 0.1) is 26.2 Å². The van der Waals surface area contributed by atoms with E-state index in [9.17, 15) is 23.1 Å². The number of aliphatic hydroxyl groups excluding tert-OH is 1. The van der Waals surface area contributed by atoms with E-state index in [-0.39, 0.29) is 23.4 Å². The summed E-state index contributed by atoms with van der Waals surface area (Å²) in [5.41, 5.74) is 3.04. The number of imidazole rings is 1. The molecule has 298 valence electrons. The molecule has 0 spiro atoms. The number of ether oxygens (including phenoxy) is 4. The third-order valence-corrected chi connectivity index (χ3v) is 10.3. The Hall–Kier alpha value is -5.46. The summed E-state index contributed by atoms with van der Waals surface area (Å²) in [6, 6.07) is 17.3. The lowest BCUT2D eigenvalue weighted by Crippen LogP contribution is -2.38. The summed E-state index contributed by atoms with van der Waals surface area (Å²) in [6.07, 6.45) is -9.07. The SMILES string of the molecule is CCc1cc([C@H]2O[C@@H](n3cnc4c(NCC(c5ccc(OC)cc5)c5ccc(OC)cc5)nc(N5CC[C@@H](N(C)C)C5)nc43)[C@H](O)[C@@H]2OC(=O)C(F)(F)F)on1. The quantitative estimate of drug-likeness (QED) is 0.156. The summed E-state index contributed by atoms with van der Waals surface area (Å²) in [7, 11) is 7.23. The monoisotopic (exact) mass is 780 g/mol. The molecule has 0 amide bonds. The van der Waals surface area contributed by atoms with Crippen molar-refractivity contribution in [1.82, 2.24) is 29.6 Å². The fourth-order valence-corrected chi connectivity index (χ4v) is 7.06. The Morgan fingerprint density at radius 2 is 1.71 bits per heavy atom. The molecule has 2 N–H and O–H groups in total. The number of hydrogen-bond donors (Lipinski definition) is 2. The normalized spacial score (nSPS) is 21.3. The van der Waals surface area contributed by atoms with Crippen LogP contribution in [0.3, 0.4) is 0 Å². The maximum absolute atomic E-state index is 13.4. The lowest BCUT2D eigenvalue weighted by Gasteiger charge is -2.23. The maximum Gasteiger partial charge on any atom is 0.490 e. The zero-order valence-corrected chi connectivity index (χ0v) is 31.4. The first-order chi connectivity index (χ1) is 26.9. The summed E-state index contributed by atoms with van der Waals surface area (Å²) < 4.78 is 68.9. The maximum atomic E-state index is 13.4. The number of nitrogens with one attached hydrogen (secondary N) is 1. The third-order valence-electron chi connectivity index (χ3n) is 10.3. The predicted octanol–water partition coefficient (Wildman–Crippen LogP) is 4.88. The van der Waals surface area contributed by atoms with Crippen molar-refractivity contribution in [2.75, 3.05) is 58.2 Å². The molecule has 0 unspecified atom stereocenters. The fraction of sp³-hybridized carbons (Fsp3) is 0.447. The number of benzene rings is 2. The van der Waals surface area contributed by atoms with Gasteiger partial charge in [0.25, 0.3) is 0 Å². The van der Waals surface area contributed by atoms with Gasteiger partial charge in [-0.2, -0.15) is 23.1 Å². The second-order valence-corrected chi connectivity index (χ2v) is 13.9. The number of aryl methyl sites for hydroxylation is 1. The number of methoxy groups -OCH3 is 2. The zero-order chi connectivity index (χ0) is 39.7. The van der Waals surface area contributed by atoms with E-state index in [2.05, 4.69) is 20.4 Å². The van der Waals surface area contributed by atoms with Gasteiger partial charge in [0.2, 0.25) is 5.95 Å². The first kappa shape index (κ1) is 38.8. The molecule has 5 atom stereocenters. The number of rotatable bonds is 13. The lowest BCUT2D eigenvalue weighted by atomic mass is 9.91. The zero-order valence-electron chi connectivity index (χ0n) is 31.4. The van der Waals surface area contributed by atoms with Crippen LogP contribution in [0, 0.1) is 0 Å². The summed E-state index contributed by atoms with van der Waals surface area (Å²) in [5, 5.41) is 19.0. The number of anilines is 2. The highest BCUT2D eigenvalue weighted by Crippen LogP contribution is 2.43. The molecule has 2 saturated heterocycles. The second-order valence-electron chi connectivity index (χ2n) is 13.9. The Morgan fingerprint density at radius 3 is 2.27 bits per heavy atom. The molecule has 0 bridgehead atoms. The van der Waals surface area contributed by atoms with Crippen LogP contribution in [-0.4, -0.2) is 113 Å². The van der Waals surface area contributed by atoms with Gasteiger partial charge in [-0.1, -0.05) is 36.3 Å². The van der Waals surface area contributed by atoms with Gasteiger partial charge in [-0.3, -0.25) is 4.57 Å². The molecular weight excluding hydrogens is 737 g/mol. The molecule has 0 radical (unpaired) electrons. The van der Waals surface area contributed by atoms with E-state index >= 15 is 0 Å². The van der Waals surface area contributed by atoms with Gasteiger partial charge in [0.1, 0.15) is 17.6 Å². The minimum atomic E-state index is -5.32. The number of aromatic nitrogens is 5. The van der Waals surface area contributed by atoms with E-state index in [0.29, 0.717) is 60.5 Å². The van der Waals surface area contributed by atoms with Gasteiger partial charge < -0.3 is 43.7 Å². The van der Waals surface area contributed by atoms with Crippen LogP contribution in [0.4, 0.5) is 24.9 Å². The number of fused-ring (bicyclic) bond motifs is 1. The van der Waals surface area contributed by atoms with Crippen LogP contribution in [0.15, 0.2) is 65.4 Å². The van der Waals surface area contributed by atoms with Crippen LogP contribution >= 0.6 is 0 Å². The van der Waals surface area contributed by atoms with Gasteiger partial charge >= 0.3 is 12.1 Å². The summed E-state index contributed by atoms with van der Waals surface area (Å²) in [5.74, 6) is -0.475. The van der Waals surface area contributed by atoms with E-state index in [1.165, 1.54) is 17.0 Å². The van der Waals surface area contributed by atoms with E-state index in [0.717, 1.165) is 17.5 Å². The third kappa shape index (κ3) is 7.81. The van der Waals surface area contributed by atoms with Gasteiger partial charge in [0, 0.05) is 37.7 Å². The predicted molar refractivity (Wildman–Crippen MR) is 197 cm³/mol. The number of nitrogens with zero attached hydrogens (tertiary/aromatic N) is 7. The Morgan fingerprint density at radius 1 is 1.05 bits per heavy atom. The molecular formula is C38H43F3N8O7. The Kier molecular flexibility index (Phi) is 11.1. The summed E-state index contributed by atoms with van der Waals surface area (Å²) in [6.45, 7) is 3.47. The molecule has 2 aliphatic heterocycles. The lowest BCUT2D eigenvalue weighted by molar-refractivity contribution is -0.210. The van der Waals surface area contributed by atoms with E-state index in [1.807, 2.05) is 74.4 Å². The molecule has 2 aromatic carbocycles. The largest absolute Gasteiger partial charge is 0.497 e. The first-order valence-corrected chi connectivity index (χ1v) is 18.1. The first-order valence-electron chi connectivity index (χ1n) is 18.1. The van der Waals surface area contributed by atoms with Gasteiger partial charge in [-0.15, -0.1) is 0 Å². The molecule has 5 heterocycles. The van der Waals surface area contributed by atoms with Gasteiger partial charge in [0.15, 0.2) is 41.2 Å². The molecule has 0 saturated carbocycles. The van der Waals surface area contributed by atoms with Crippen LogP contribution < -0.4 is 19.7 Å². The van der Waals surface area contributed by atoms with Crippen LogP contribution in [0.2, 0.25) is 0 Å². The molecule has 5 aromatic rings. The molecule has 7 rings (SSSR count). The van der Waals surface area contributed by atoms with Gasteiger partial charge in [-0.25, -0.2) is 9.78 Å². The van der Waals surface area contributed by atoms with Crippen LogP contribution in [0.25, 0.3) is 11.2 Å². The van der Waals surface area contributed by atoms with Crippen molar-refractivity contribution in [3.05, 3.63) is 83.5 Å².